The number of fused-ring (bicyclic) bond motifs is 1. The Kier molecular flexibility index (Phi) is 7.07. The number of thiocarbonyl (C=S) groups is 1. The number of hydrogen-bond acceptors (Lipinski definition) is 4. The molecule has 180 valence electrons. The zero-order valence-corrected chi connectivity index (χ0v) is 21.5. The fraction of sp³-hybridized carbons (Fsp3) is 0.321. The molecule has 0 saturated carbocycles. The first-order chi connectivity index (χ1) is 17.0. The van der Waals surface area contributed by atoms with Gasteiger partial charge < -0.3 is 9.47 Å². The number of hydrogen-bond donors (Lipinski definition) is 0. The largest absolute Gasteiger partial charge is 0.341 e. The van der Waals surface area contributed by atoms with Gasteiger partial charge in [-0.05, 0) is 42.9 Å². The van der Waals surface area contributed by atoms with E-state index >= 15 is 0 Å². The van der Waals surface area contributed by atoms with Gasteiger partial charge in [0.1, 0.15) is 10.9 Å². The van der Waals surface area contributed by atoms with E-state index in [1.807, 2.05) is 64.2 Å². The molecule has 2 aliphatic rings. The van der Waals surface area contributed by atoms with Crippen LogP contribution in [0.3, 0.4) is 0 Å². The number of piperidine rings is 1. The third-order valence-corrected chi connectivity index (χ3v) is 8.27. The summed E-state index contributed by atoms with van der Waals surface area (Å²) in [7, 11) is 0. The van der Waals surface area contributed by atoms with Crippen LogP contribution in [0.15, 0.2) is 65.7 Å². The molecule has 5 nitrogen and oxygen atoms in total. The Morgan fingerprint density at radius 3 is 2.57 bits per heavy atom. The van der Waals surface area contributed by atoms with Crippen molar-refractivity contribution in [1.82, 2.24) is 14.4 Å². The lowest BCUT2D eigenvalue weighted by molar-refractivity contribution is -0.133. The van der Waals surface area contributed by atoms with Crippen molar-refractivity contribution < 1.29 is 9.59 Å². The molecule has 2 aromatic carbocycles. The Labute approximate surface area is 215 Å². The molecule has 1 aromatic heterocycles. The normalized spacial score (nSPS) is 18.3. The van der Waals surface area contributed by atoms with E-state index in [4.69, 9.17) is 12.2 Å². The second-order valence-electron chi connectivity index (χ2n) is 9.36. The van der Waals surface area contributed by atoms with E-state index in [-0.39, 0.29) is 11.8 Å². The molecule has 0 radical (unpaired) electrons. The van der Waals surface area contributed by atoms with Crippen LogP contribution in [0, 0.1) is 5.92 Å². The number of thioether (sulfide) groups is 1. The molecule has 2 fully saturated rings. The Balaban J connectivity index is 1.35. The summed E-state index contributed by atoms with van der Waals surface area (Å²) in [5.41, 5.74) is 3.11. The maximum Gasteiger partial charge on any atom is 0.266 e. The van der Waals surface area contributed by atoms with E-state index in [1.165, 1.54) is 17.3 Å². The van der Waals surface area contributed by atoms with Crippen LogP contribution in [0.5, 0.6) is 0 Å². The van der Waals surface area contributed by atoms with E-state index in [2.05, 4.69) is 19.1 Å². The highest BCUT2D eigenvalue weighted by molar-refractivity contribution is 8.26. The van der Waals surface area contributed by atoms with Crippen molar-refractivity contribution in [2.45, 2.75) is 32.7 Å². The molecule has 7 heteroatoms. The van der Waals surface area contributed by atoms with Crippen LogP contribution in [0.25, 0.3) is 17.0 Å². The molecule has 0 atom stereocenters. The third-order valence-electron chi connectivity index (χ3n) is 6.89. The van der Waals surface area contributed by atoms with Crippen LogP contribution in [0.2, 0.25) is 0 Å². The van der Waals surface area contributed by atoms with Gasteiger partial charge in [0.25, 0.3) is 5.91 Å². The molecule has 35 heavy (non-hydrogen) atoms. The van der Waals surface area contributed by atoms with E-state index in [9.17, 15) is 9.59 Å². The molecule has 5 rings (SSSR count). The first-order valence-electron chi connectivity index (χ1n) is 12.1. The number of amides is 2. The van der Waals surface area contributed by atoms with Gasteiger partial charge in [0.15, 0.2) is 0 Å². The summed E-state index contributed by atoms with van der Waals surface area (Å²) in [6.45, 7) is 4.78. The zero-order chi connectivity index (χ0) is 24.4. The van der Waals surface area contributed by atoms with Crippen molar-refractivity contribution in [2.24, 2.45) is 5.92 Å². The second-order valence-corrected chi connectivity index (χ2v) is 11.0. The maximum absolute atomic E-state index is 13.2. The van der Waals surface area contributed by atoms with Gasteiger partial charge in [0, 0.05) is 42.3 Å². The number of likely N-dealkylation sites (tertiary alicyclic amines) is 1. The van der Waals surface area contributed by atoms with Crippen molar-refractivity contribution >= 4 is 57.1 Å². The highest BCUT2D eigenvalue weighted by Crippen LogP contribution is 2.34. The van der Waals surface area contributed by atoms with Crippen LogP contribution in [-0.4, -0.2) is 50.1 Å². The van der Waals surface area contributed by atoms with Gasteiger partial charge in [-0.1, -0.05) is 79.4 Å². The number of carbonyl (C=O) groups excluding carboxylic acids is 2. The maximum atomic E-state index is 13.2. The summed E-state index contributed by atoms with van der Waals surface area (Å²) in [6, 6.07) is 18.2. The number of para-hydroxylation sites is 1. The predicted octanol–water partition coefficient (Wildman–Crippen LogP) is 5.34. The van der Waals surface area contributed by atoms with E-state index in [0.717, 1.165) is 48.8 Å². The number of carbonyl (C=O) groups is 2. The molecule has 0 aliphatic carbocycles. The number of rotatable bonds is 6. The van der Waals surface area contributed by atoms with Crippen LogP contribution >= 0.6 is 24.0 Å². The highest BCUT2D eigenvalue weighted by Gasteiger charge is 2.32. The monoisotopic (exact) mass is 503 g/mol. The van der Waals surface area contributed by atoms with Crippen molar-refractivity contribution in [3.05, 3.63) is 76.8 Å². The lowest BCUT2D eigenvalue weighted by Gasteiger charge is -2.30. The van der Waals surface area contributed by atoms with Gasteiger partial charge in [-0.3, -0.25) is 14.5 Å². The van der Waals surface area contributed by atoms with Crippen LogP contribution < -0.4 is 0 Å². The minimum atomic E-state index is -0.0497. The molecule has 2 amide bonds. The Hall–Kier alpha value is -2.90. The standard InChI is InChI=1S/C28H29N3O2S2/c1-20-11-14-29(15-12-20)26(32)19-30-18-22(23-9-5-6-10-24(23)30)17-25-27(33)31(28(34)35-25)16-13-21-7-3-2-4-8-21/h2-10,17-18,20H,11-16,19H2,1H3/b25-17-. The number of nitrogens with zero attached hydrogens (tertiary/aromatic N) is 3. The smallest absolute Gasteiger partial charge is 0.266 e. The molecule has 0 N–H and O–H groups in total. The lowest BCUT2D eigenvalue weighted by Crippen LogP contribution is -2.39. The average Bonchev–Trinajstić information content (AvgIpc) is 3.35. The van der Waals surface area contributed by atoms with Crippen LogP contribution in [0.4, 0.5) is 0 Å². The molecule has 2 aliphatic heterocycles. The Bertz CT molecular complexity index is 1290. The van der Waals surface area contributed by atoms with E-state index < -0.39 is 0 Å². The third kappa shape index (κ3) is 5.21. The first-order valence-corrected chi connectivity index (χ1v) is 13.4. The Morgan fingerprint density at radius 1 is 1.09 bits per heavy atom. The minimum absolute atomic E-state index is 0.0497. The van der Waals surface area contributed by atoms with E-state index in [0.29, 0.717) is 28.2 Å². The summed E-state index contributed by atoms with van der Waals surface area (Å²) in [4.78, 5) is 30.5. The fourth-order valence-electron chi connectivity index (χ4n) is 4.74. The Morgan fingerprint density at radius 2 is 1.80 bits per heavy atom. The highest BCUT2D eigenvalue weighted by atomic mass is 32.2. The van der Waals surface area contributed by atoms with Crippen molar-refractivity contribution in [1.29, 1.82) is 0 Å². The van der Waals surface area contributed by atoms with Gasteiger partial charge in [-0.15, -0.1) is 0 Å². The van der Waals surface area contributed by atoms with Crippen molar-refractivity contribution in [2.75, 3.05) is 19.6 Å². The molecule has 0 spiro atoms. The molecule has 0 bridgehead atoms. The van der Waals surface area contributed by atoms with Gasteiger partial charge in [-0.2, -0.15) is 0 Å². The van der Waals surface area contributed by atoms with Gasteiger partial charge in [0.2, 0.25) is 5.91 Å². The molecule has 3 aromatic rings. The minimum Gasteiger partial charge on any atom is -0.341 e. The first kappa shape index (κ1) is 23.8. The van der Waals surface area contributed by atoms with Gasteiger partial charge in [0.05, 0.1) is 4.91 Å². The zero-order valence-electron chi connectivity index (χ0n) is 19.9. The molecular formula is C28H29N3O2S2. The molecule has 0 unspecified atom stereocenters. The summed E-state index contributed by atoms with van der Waals surface area (Å²) in [5, 5.41) is 1.03. The summed E-state index contributed by atoms with van der Waals surface area (Å²) in [6.07, 6.45) is 6.81. The second kappa shape index (κ2) is 10.4. The van der Waals surface area contributed by atoms with Crippen LogP contribution in [0.1, 0.15) is 30.9 Å². The molecular weight excluding hydrogens is 474 g/mol. The van der Waals surface area contributed by atoms with E-state index in [1.54, 1.807) is 4.90 Å². The van der Waals surface area contributed by atoms with Crippen LogP contribution in [-0.2, 0) is 22.6 Å². The summed E-state index contributed by atoms with van der Waals surface area (Å²) >= 11 is 6.89. The quantitative estimate of drug-likeness (QED) is 0.336. The SMILES string of the molecule is CC1CCN(C(=O)Cn2cc(/C=C3\SC(=S)N(CCc4ccccc4)C3=O)c3ccccc32)CC1. The summed E-state index contributed by atoms with van der Waals surface area (Å²) in [5.74, 6) is 0.784. The van der Waals surface area contributed by atoms with Gasteiger partial charge >= 0.3 is 0 Å². The van der Waals surface area contributed by atoms with Crippen molar-refractivity contribution in [3.8, 4) is 0 Å². The molecule has 2 saturated heterocycles. The van der Waals surface area contributed by atoms with Crippen molar-refractivity contribution in [3.63, 3.8) is 0 Å². The van der Waals surface area contributed by atoms with Gasteiger partial charge in [-0.25, -0.2) is 0 Å². The summed E-state index contributed by atoms with van der Waals surface area (Å²) < 4.78 is 2.60. The fourth-order valence-corrected chi connectivity index (χ4v) is 6.04. The number of aromatic nitrogens is 1. The average molecular weight is 504 g/mol. The lowest BCUT2D eigenvalue weighted by atomic mass is 9.99. The topological polar surface area (TPSA) is 45.6 Å². The predicted molar refractivity (Wildman–Crippen MR) is 147 cm³/mol. The molecule has 3 heterocycles. The number of benzene rings is 2.